The molecule has 1 N–H and O–H groups in total. The molecule has 96 valence electrons. The minimum atomic E-state index is -0.531. The summed E-state index contributed by atoms with van der Waals surface area (Å²) < 4.78 is 5.04. The minimum Gasteiger partial charge on any atom is -0.496 e. The molecule has 1 aromatic rings. The summed E-state index contributed by atoms with van der Waals surface area (Å²) in [5.74, 6) is 0.565. The smallest absolute Gasteiger partial charge is 0.270 e. The van der Waals surface area contributed by atoms with Crippen LogP contribution in [0.5, 0.6) is 5.75 Å². The molecule has 0 aliphatic heterocycles. The largest absolute Gasteiger partial charge is 0.496 e. The van der Waals surface area contributed by atoms with Gasteiger partial charge < -0.3 is 10.1 Å². The predicted octanol–water partition coefficient (Wildman–Crippen LogP) is 1.74. The number of benzene rings is 1. The Morgan fingerprint density at radius 3 is 2.83 bits per heavy atom. The third-order valence-electron chi connectivity index (χ3n) is 2.89. The lowest BCUT2D eigenvalue weighted by Gasteiger charge is -2.08. The van der Waals surface area contributed by atoms with Crippen LogP contribution in [0.3, 0.4) is 0 Å². The standard InChI is InChI=1S/C12H14N2O4/c1-18-11-5-4-9(14(16)17)6-10(11)12(15)13-7-8-2-3-8/h4-6,8H,2-3,7H2,1H3,(H,13,15). The van der Waals surface area contributed by atoms with E-state index in [9.17, 15) is 14.9 Å². The van der Waals surface area contributed by atoms with Crippen LogP contribution in [0.2, 0.25) is 0 Å². The van der Waals surface area contributed by atoms with E-state index in [-0.39, 0.29) is 17.2 Å². The molecule has 1 aliphatic carbocycles. The van der Waals surface area contributed by atoms with Crippen LogP contribution < -0.4 is 10.1 Å². The zero-order valence-electron chi connectivity index (χ0n) is 10.0. The van der Waals surface area contributed by atoms with Crippen LogP contribution >= 0.6 is 0 Å². The Labute approximate surface area is 104 Å². The van der Waals surface area contributed by atoms with Gasteiger partial charge in [0.25, 0.3) is 11.6 Å². The number of methoxy groups -OCH3 is 1. The summed E-state index contributed by atoms with van der Waals surface area (Å²) >= 11 is 0. The maximum atomic E-state index is 11.9. The summed E-state index contributed by atoms with van der Waals surface area (Å²) in [6.07, 6.45) is 2.26. The summed E-state index contributed by atoms with van der Waals surface area (Å²) in [5.41, 5.74) is 0.0831. The molecule has 0 spiro atoms. The van der Waals surface area contributed by atoms with Gasteiger partial charge in [0.15, 0.2) is 0 Å². The molecule has 6 heteroatoms. The molecule has 0 saturated heterocycles. The molecule has 0 heterocycles. The van der Waals surface area contributed by atoms with E-state index in [1.165, 1.54) is 25.3 Å². The molecule has 1 aromatic carbocycles. The molecule has 0 unspecified atom stereocenters. The first-order valence-electron chi connectivity index (χ1n) is 5.72. The van der Waals surface area contributed by atoms with Gasteiger partial charge in [0.1, 0.15) is 5.75 Å². The van der Waals surface area contributed by atoms with Crippen LogP contribution in [0.1, 0.15) is 23.2 Å². The zero-order valence-corrected chi connectivity index (χ0v) is 10.0. The fourth-order valence-corrected chi connectivity index (χ4v) is 1.64. The van der Waals surface area contributed by atoms with Crippen molar-refractivity contribution in [3.05, 3.63) is 33.9 Å². The number of hydrogen-bond acceptors (Lipinski definition) is 4. The van der Waals surface area contributed by atoms with E-state index in [1.54, 1.807) is 0 Å². The predicted molar refractivity (Wildman–Crippen MR) is 64.7 cm³/mol. The van der Waals surface area contributed by atoms with Gasteiger partial charge in [-0.05, 0) is 24.8 Å². The summed E-state index contributed by atoms with van der Waals surface area (Å²) in [7, 11) is 1.43. The minimum absolute atomic E-state index is 0.118. The Balaban J connectivity index is 2.18. The Morgan fingerprint density at radius 1 is 1.56 bits per heavy atom. The van der Waals surface area contributed by atoms with Crippen LogP contribution in [-0.4, -0.2) is 24.5 Å². The fraction of sp³-hybridized carbons (Fsp3) is 0.417. The van der Waals surface area contributed by atoms with Gasteiger partial charge in [0.05, 0.1) is 17.6 Å². The van der Waals surface area contributed by atoms with Crippen molar-refractivity contribution in [1.29, 1.82) is 0 Å². The van der Waals surface area contributed by atoms with E-state index in [0.29, 0.717) is 18.2 Å². The van der Waals surface area contributed by atoms with Crippen LogP contribution in [0.25, 0.3) is 0 Å². The van der Waals surface area contributed by atoms with E-state index in [1.807, 2.05) is 0 Å². The molecule has 1 saturated carbocycles. The fourth-order valence-electron chi connectivity index (χ4n) is 1.64. The molecule has 18 heavy (non-hydrogen) atoms. The number of amides is 1. The van der Waals surface area contributed by atoms with Crippen LogP contribution in [0.4, 0.5) is 5.69 Å². The SMILES string of the molecule is COc1ccc([N+](=O)[O-])cc1C(=O)NCC1CC1. The van der Waals surface area contributed by atoms with Gasteiger partial charge in [-0.25, -0.2) is 0 Å². The van der Waals surface area contributed by atoms with Crippen molar-refractivity contribution in [2.75, 3.05) is 13.7 Å². The number of carbonyl (C=O) groups excluding carboxylic acids is 1. The van der Waals surface area contributed by atoms with Crippen molar-refractivity contribution in [2.24, 2.45) is 5.92 Å². The molecule has 1 amide bonds. The highest BCUT2D eigenvalue weighted by Gasteiger charge is 2.23. The molecular formula is C12H14N2O4. The molecule has 1 fully saturated rings. The summed E-state index contributed by atoms with van der Waals surface area (Å²) in [5, 5.41) is 13.4. The first-order valence-corrected chi connectivity index (χ1v) is 5.72. The highest BCUT2D eigenvalue weighted by atomic mass is 16.6. The Bertz CT molecular complexity index is 483. The second-order valence-corrected chi connectivity index (χ2v) is 4.30. The molecule has 0 radical (unpaired) electrons. The lowest BCUT2D eigenvalue weighted by molar-refractivity contribution is -0.384. The number of nitrogens with one attached hydrogen (secondary N) is 1. The van der Waals surface area contributed by atoms with Gasteiger partial charge in [-0.1, -0.05) is 0 Å². The van der Waals surface area contributed by atoms with Gasteiger partial charge in [-0.15, -0.1) is 0 Å². The Kier molecular flexibility index (Phi) is 3.45. The lowest BCUT2D eigenvalue weighted by atomic mass is 10.1. The number of carbonyl (C=O) groups is 1. The van der Waals surface area contributed by atoms with E-state index >= 15 is 0 Å². The summed E-state index contributed by atoms with van der Waals surface area (Å²) in [4.78, 5) is 22.1. The number of ether oxygens (including phenoxy) is 1. The van der Waals surface area contributed by atoms with Gasteiger partial charge in [-0.2, -0.15) is 0 Å². The number of hydrogen-bond donors (Lipinski definition) is 1. The van der Waals surface area contributed by atoms with Crippen LogP contribution in [0, 0.1) is 16.0 Å². The molecule has 6 nitrogen and oxygen atoms in total. The summed E-state index contributed by atoms with van der Waals surface area (Å²) in [6, 6.07) is 3.99. The number of nitro groups is 1. The molecule has 0 aromatic heterocycles. The molecule has 0 bridgehead atoms. The first-order chi connectivity index (χ1) is 8.61. The third kappa shape index (κ3) is 2.77. The van der Waals surface area contributed by atoms with Crippen molar-refractivity contribution in [1.82, 2.24) is 5.32 Å². The topological polar surface area (TPSA) is 81.5 Å². The van der Waals surface area contributed by atoms with Crippen molar-refractivity contribution >= 4 is 11.6 Å². The van der Waals surface area contributed by atoms with Gasteiger partial charge >= 0.3 is 0 Å². The number of nitro benzene ring substituents is 1. The average Bonchev–Trinajstić information content (AvgIpc) is 3.19. The highest BCUT2D eigenvalue weighted by Crippen LogP contribution is 2.28. The van der Waals surface area contributed by atoms with Crippen molar-refractivity contribution in [2.45, 2.75) is 12.8 Å². The van der Waals surface area contributed by atoms with Crippen molar-refractivity contribution in [3.63, 3.8) is 0 Å². The van der Waals surface area contributed by atoms with Gasteiger partial charge in [-0.3, -0.25) is 14.9 Å². The number of non-ortho nitro benzene ring substituents is 1. The van der Waals surface area contributed by atoms with Gasteiger partial charge in [0.2, 0.25) is 0 Å². The average molecular weight is 250 g/mol. The molecular weight excluding hydrogens is 236 g/mol. The zero-order chi connectivity index (χ0) is 13.1. The van der Waals surface area contributed by atoms with Crippen molar-refractivity contribution < 1.29 is 14.5 Å². The van der Waals surface area contributed by atoms with Crippen LogP contribution in [0.15, 0.2) is 18.2 Å². The Morgan fingerprint density at radius 2 is 2.28 bits per heavy atom. The molecule has 0 atom stereocenters. The first kappa shape index (κ1) is 12.3. The van der Waals surface area contributed by atoms with E-state index in [0.717, 1.165) is 12.8 Å². The quantitative estimate of drug-likeness (QED) is 0.637. The molecule has 2 rings (SSSR count). The van der Waals surface area contributed by atoms with E-state index in [4.69, 9.17) is 4.74 Å². The van der Waals surface area contributed by atoms with E-state index < -0.39 is 4.92 Å². The molecule has 1 aliphatic rings. The maximum Gasteiger partial charge on any atom is 0.270 e. The monoisotopic (exact) mass is 250 g/mol. The highest BCUT2D eigenvalue weighted by molar-refractivity contribution is 5.97. The maximum absolute atomic E-state index is 11.9. The van der Waals surface area contributed by atoms with Crippen LogP contribution in [-0.2, 0) is 0 Å². The lowest BCUT2D eigenvalue weighted by Crippen LogP contribution is -2.26. The second-order valence-electron chi connectivity index (χ2n) is 4.30. The number of rotatable bonds is 5. The summed E-state index contributed by atoms with van der Waals surface area (Å²) in [6.45, 7) is 0.616. The van der Waals surface area contributed by atoms with Crippen molar-refractivity contribution in [3.8, 4) is 5.75 Å². The second kappa shape index (κ2) is 5.03. The third-order valence-corrected chi connectivity index (χ3v) is 2.89. The number of nitrogens with zero attached hydrogens (tertiary/aromatic N) is 1. The normalized spacial score (nSPS) is 14.1. The Hall–Kier alpha value is -2.11. The van der Waals surface area contributed by atoms with Gasteiger partial charge in [0, 0.05) is 18.7 Å². The van der Waals surface area contributed by atoms with E-state index in [2.05, 4.69) is 5.32 Å².